The number of carboxylic acid groups (broad SMARTS) is 1. The van der Waals surface area contributed by atoms with Crippen molar-refractivity contribution in [3.63, 3.8) is 0 Å². The van der Waals surface area contributed by atoms with Crippen LogP contribution in [0, 0.1) is 6.92 Å². The average molecular weight is 417 g/mol. The van der Waals surface area contributed by atoms with Crippen molar-refractivity contribution in [2.24, 2.45) is 5.16 Å². The zero-order valence-corrected chi connectivity index (χ0v) is 14.7. The third kappa shape index (κ3) is 3.66. The summed E-state index contributed by atoms with van der Waals surface area (Å²) in [6, 6.07) is 6.66. The summed E-state index contributed by atoms with van der Waals surface area (Å²) in [6.45, 7) is 1.47. The number of rotatable bonds is 3. The smallest absolute Gasteiger partial charge is 0.435 e. The van der Waals surface area contributed by atoms with E-state index in [0.29, 0.717) is 17.7 Å². The monoisotopic (exact) mass is 417 g/mol. The molecule has 1 heterocycles. The third-order valence-corrected chi connectivity index (χ3v) is 4.63. The molecule has 0 fully saturated rings. The fourth-order valence-electron chi connectivity index (χ4n) is 3.09. The van der Waals surface area contributed by atoms with Crippen LogP contribution in [0.3, 0.4) is 0 Å². The predicted octanol–water partition coefficient (Wildman–Crippen LogP) is 5.29. The van der Waals surface area contributed by atoms with E-state index in [4.69, 9.17) is 9.94 Å². The van der Waals surface area contributed by atoms with Gasteiger partial charge in [0.05, 0.1) is 16.8 Å². The van der Waals surface area contributed by atoms with E-state index >= 15 is 0 Å². The SMILES string of the molecule is Cc1cc(C2=NOC(c3cccc(C(F)(F)F)c3)(C(F)(F)F)C2)ccc1C(=O)O. The number of hydrogen-bond acceptors (Lipinski definition) is 3. The first-order valence-corrected chi connectivity index (χ1v) is 8.19. The Labute approximate surface area is 160 Å². The minimum Gasteiger partial charge on any atom is -0.478 e. The largest absolute Gasteiger partial charge is 0.478 e. The zero-order chi connectivity index (χ0) is 21.6. The van der Waals surface area contributed by atoms with E-state index in [9.17, 15) is 31.1 Å². The molecule has 0 radical (unpaired) electrons. The van der Waals surface area contributed by atoms with E-state index in [1.807, 2.05) is 0 Å². The minimum atomic E-state index is -5.06. The molecule has 2 aromatic rings. The quantitative estimate of drug-likeness (QED) is 0.690. The van der Waals surface area contributed by atoms with Crippen LogP contribution >= 0.6 is 0 Å². The van der Waals surface area contributed by atoms with Gasteiger partial charge in [-0.25, -0.2) is 4.79 Å². The van der Waals surface area contributed by atoms with Crippen molar-refractivity contribution in [1.82, 2.24) is 0 Å². The fraction of sp³-hybridized carbons (Fsp3) is 0.263. The summed E-state index contributed by atoms with van der Waals surface area (Å²) >= 11 is 0. The Hall–Kier alpha value is -3.04. The summed E-state index contributed by atoms with van der Waals surface area (Å²) in [5.74, 6) is -1.20. The lowest BCUT2D eigenvalue weighted by molar-refractivity contribution is -0.276. The van der Waals surface area contributed by atoms with Gasteiger partial charge in [0, 0.05) is 12.0 Å². The number of alkyl halides is 6. The highest BCUT2D eigenvalue weighted by Crippen LogP contribution is 2.49. The van der Waals surface area contributed by atoms with Gasteiger partial charge >= 0.3 is 18.3 Å². The van der Waals surface area contributed by atoms with Gasteiger partial charge in [-0.3, -0.25) is 0 Å². The number of aromatic carboxylic acids is 1. The van der Waals surface area contributed by atoms with E-state index in [1.165, 1.54) is 25.1 Å². The summed E-state index contributed by atoms with van der Waals surface area (Å²) in [7, 11) is 0. The van der Waals surface area contributed by atoms with Crippen molar-refractivity contribution in [3.05, 3.63) is 70.3 Å². The van der Waals surface area contributed by atoms with Crippen LogP contribution in [0.5, 0.6) is 0 Å². The zero-order valence-electron chi connectivity index (χ0n) is 14.7. The lowest BCUT2D eigenvalue weighted by Gasteiger charge is -2.30. The number of halogens is 6. The predicted molar refractivity (Wildman–Crippen MR) is 89.6 cm³/mol. The molecule has 0 amide bonds. The van der Waals surface area contributed by atoms with Crippen molar-refractivity contribution >= 4 is 11.7 Å². The van der Waals surface area contributed by atoms with Gasteiger partial charge in [0.1, 0.15) is 0 Å². The normalized spacial score (nSPS) is 19.6. The molecule has 1 aliphatic heterocycles. The maximum Gasteiger partial charge on any atom is 0.435 e. The summed E-state index contributed by atoms with van der Waals surface area (Å²) in [5, 5.41) is 12.5. The van der Waals surface area contributed by atoms with Crippen molar-refractivity contribution in [2.45, 2.75) is 31.3 Å². The number of carboxylic acids is 1. The molecule has 1 atom stereocenters. The molecule has 0 aromatic heterocycles. The maximum absolute atomic E-state index is 13.9. The number of aryl methyl sites for hydroxylation is 1. The van der Waals surface area contributed by atoms with Crippen LogP contribution in [0.15, 0.2) is 47.6 Å². The van der Waals surface area contributed by atoms with Crippen molar-refractivity contribution in [2.75, 3.05) is 0 Å². The molecular weight excluding hydrogens is 404 g/mol. The molecule has 1 aliphatic rings. The van der Waals surface area contributed by atoms with Crippen LogP contribution in [0.1, 0.15) is 39.0 Å². The van der Waals surface area contributed by atoms with Crippen molar-refractivity contribution < 1.29 is 41.1 Å². The molecule has 154 valence electrons. The highest BCUT2D eigenvalue weighted by molar-refractivity contribution is 6.03. The molecule has 0 bridgehead atoms. The minimum absolute atomic E-state index is 0.0340. The Balaban J connectivity index is 2.02. The Kier molecular flexibility index (Phi) is 4.84. The molecule has 0 saturated carbocycles. The van der Waals surface area contributed by atoms with E-state index in [1.54, 1.807) is 0 Å². The maximum atomic E-state index is 13.9. The van der Waals surface area contributed by atoms with Gasteiger partial charge in [-0.2, -0.15) is 26.3 Å². The second-order valence-electron chi connectivity index (χ2n) is 6.54. The molecule has 10 heteroatoms. The first-order chi connectivity index (χ1) is 13.3. The van der Waals surface area contributed by atoms with Gasteiger partial charge in [0.25, 0.3) is 5.60 Å². The Morgan fingerprint density at radius 1 is 1.10 bits per heavy atom. The topological polar surface area (TPSA) is 58.9 Å². The van der Waals surface area contributed by atoms with E-state index < -0.39 is 41.5 Å². The number of hydrogen-bond donors (Lipinski definition) is 1. The first kappa shape index (κ1) is 20.7. The van der Waals surface area contributed by atoms with Crippen LogP contribution in [-0.2, 0) is 16.6 Å². The molecule has 0 saturated heterocycles. The van der Waals surface area contributed by atoms with Crippen molar-refractivity contribution in [1.29, 1.82) is 0 Å². The van der Waals surface area contributed by atoms with E-state index in [-0.39, 0.29) is 16.8 Å². The molecule has 2 aromatic carbocycles. The van der Waals surface area contributed by atoms with Gasteiger partial charge in [-0.15, -0.1) is 0 Å². The summed E-state index contributed by atoms with van der Waals surface area (Å²) in [4.78, 5) is 15.8. The Bertz CT molecular complexity index is 996. The van der Waals surface area contributed by atoms with Gasteiger partial charge in [-0.1, -0.05) is 23.4 Å². The third-order valence-electron chi connectivity index (χ3n) is 4.63. The second-order valence-corrected chi connectivity index (χ2v) is 6.54. The molecule has 0 aliphatic carbocycles. The highest BCUT2D eigenvalue weighted by Gasteiger charge is 2.62. The Morgan fingerprint density at radius 3 is 2.34 bits per heavy atom. The van der Waals surface area contributed by atoms with Gasteiger partial charge in [-0.05, 0) is 42.3 Å². The van der Waals surface area contributed by atoms with Crippen LogP contribution in [0.2, 0.25) is 0 Å². The average Bonchev–Trinajstić information content (AvgIpc) is 3.07. The molecule has 3 rings (SSSR count). The fourth-order valence-corrected chi connectivity index (χ4v) is 3.09. The number of benzene rings is 2. The molecule has 1 N–H and O–H groups in total. The van der Waals surface area contributed by atoms with Crippen LogP contribution < -0.4 is 0 Å². The molecule has 4 nitrogen and oxygen atoms in total. The van der Waals surface area contributed by atoms with Gasteiger partial charge in [0.2, 0.25) is 0 Å². The lowest BCUT2D eigenvalue weighted by atomic mass is 9.85. The van der Waals surface area contributed by atoms with Gasteiger partial charge in [0.15, 0.2) is 0 Å². The molecule has 0 spiro atoms. The summed E-state index contributed by atoms with van der Waals surface area (Å²) < 4.78 is 80.6. The number of oxime groups is 1. The summed E-state index contributed by atoms with van der Waals surface area (Å²) in [6.07, 6.45) is -10.7. The molecule has 29 heavy (non-hydrogen) atoms. The first-order valence-electron chi connectivity index (χ1n) is 8.19. The lowest BCUT2D eigenvalue weighted by Crippen LogP contribution is -2.42. The van der Waals surface area contributed by atoms with Crippen LogP contribution in [0.25, 0.3) is 0 Å². The Morgan fingerprint density at radius 2 is 1.79 bits per heavy atom. The van der Waals surface area contributed by atoms with Gasteiger partial charge < -0.3 is 9.94 Å². The van der Waals surface area contributed by atoms with Crippen LogP contribution in [0.4, 0.5) is 26.3 Å². The van der Waals surface area contributed by atoms with Crippen LogP contribution in [-0.4, -0.2) is 23.0 Å². The van der Waals surface area contributed by atoms with Crippen molar-refractivity contribution in [3.8, 4) is 0 Å². The second kappa shape index (κ2) is 6.78. The number of carbonyl (C=O) groups is 1. The highest BCUT2D eigenvalue weighted by atomic mass is 19.4. The van der Waals surface area contributed by atoms with E-state index in [2.05, 4.69) is 5.16 Å². The summed E-state index contributed by atoms with van der Waals surface area (Å²) in [5.41, 5.74) is -4.75. The van der Waals surface area contributed by atoms with E-state index in [0.717, 1.165) is 12.1 Å². The molecule has 1 unspecified atom stereocenters. The number of nitrogens with zero attached hydrogens (tertiary/aromatic N) is 1. The molecular formula is C19H13F6NO3. The standard InChI is InChI=1S/C19H13F6NO3/c1-10-7-11(5-6-14(10)16(27)28)15-9-17(29-26-15,19(23,24)25)12-3-2-4-13(8-12)18(20,21)22/h2-8H,9H2,1H3,(H,27,28).